The monoisotopic (exact) mass is 323 g/mol. The second kappa shape index (κ2) is 5.79. The predicted octanol–water partition coefficient (Wildman–Crippen LogP) is 2.86. The van der Waals surface area contributed by atoms with E-state index in [9.17, 15) is 4.79 Å². The molecular weight excluding hydrogens is 314 g/mol. The minimum atomic E-state index is -0.262. The van der Waals surface area contributed by atoms with Crippen molar-refractivity contribution in [3.8, 4) is 0 Å². The lowest BCUT2D eigenvalue weighted by atomic mass is 10.2. The number of thiophene rings is 1. The molecule has 0 atom stereocenters. The number of nitrogen functional groups attached to an aromatic ring is 1. The lowest BCUT2D eigenvalue weighted by Crippen LogP contribution is -2.17. The van der Waals surface area contributed by atoms with Crippen molar-refractivity contribution in [2.45, 2.75) is 0 Å². The van der Waals surface area contributed by atoms with Crippen LogP contribution in [0, 0.1) is 0 Å². The summed E-state index contributed by atoms with van der Waals surface area (Å²) in [7, 11) is 0. The highest BCUT2D eigenvalue weighted by atomic mass is 79.9. The Morgan fingerprint density at radius 2 is 2.11 bits per heavy atom. The summed E-state index contributed by atoms with van der Waals surface area (Å²) in [4.78, 5) is 12.6. The second-order valence-corrected chi connectivity index (χ2v) is 5.35. The maximum absolute atomic E-state index is 11.7. The van der Waals surface area contributed by atoms with Crippen molar-refractivity contribution >= 4 is 45.1 Å². The number of nitrogens with zero attached hydrogens (tertiary/aromatic N) is 1. The first-order valence-electron chi connectivity index (χ1n) is 5.08. The quantitative estimate of drug-likeness (QED) is 0.518. The number of amides is 1. The van der Waals surface area contributed by atoms with Crippen LogP contribution in [0.15, 0.2) is 45.3 Å². The average molecular weight is 324 g/mol. The smallest absolute Gasteiger partial charge is 0.271 e. The molecule has 0 spiro atoms. The van der Waals surface area contributed by atoms with Crippen LogP contribution in [0.3, 0.4) is 0 Å². The Hall–Kier alpha value is -1.66. The Bertz CT molecular complexity index is 577. The molecule has 0 saturated heterocycles. The van der Waals surface area contributed by atoms with Gasteiger partial charge in [-0.25, -0.2) is 5.43 Å². The number of rotatable bonds is 3. The highest BCUT2D eigenvalue weighted by Crippen LogP contribution is 2.17. The Morgan fingerprint density at radius 1 is 1.39 bits per heavy atom. The number of carbonyl (C=O) groups is 1. The van der Waals surface area contributed by atoms with Gasteiger partial charge in [0.15, 0.2) is 0 Å². The van der Waals surface area contributed by atoms with E-state index < -0.39 is 0 Å². The summed E-state index contributed by atoms with van der Waals surface area (Å²) in [5.41, 5.74) is 9.14. The van der Waals surface area contributed by atoms with Crippen LogP contribution < -0.4 is 11.2 Å². The molecule has 0 saturated carbocycles. The molecule has 1 heterocycles. The summed E-state index contributed by atoms with van der Waals surface area (Å²) in [6, 6.07) is 8.58. The van der Waals surface area contributed by atoms with E-state index in [-0.39, 0.29) is 5.91 Å². The van der Waals surface area contributed by atoms with Gasteiger partial charge in [0.25, 0.3) is 5.91 Å². The number of hydrogen-bond donors (Lipinski definition) is 2. The zero-order valence-corrected chi connectivity index (χ0v) is 11.7. The Balaban J connectivity index is 1.96. The van der Waals surface area contributed by atoms with Crippen molar-refractivity contribution in [3.63, 3.8) is 0 Å². The van der Waals surface area contributed by atoms with Gasteiger partial charge in [0, 0.05) is 26.0 Å². The third kappa shape index (κ3) is 3.41. The van der Waals surface area contributed by atoms with E-state index in [1.165, 1.54) is 11.3 Å². The van der Waals surface area contributed by atoms with Crippen LogP contribution in [0.4, 0.5) is 5.69 Å². The number of hydrogen-bond acceptors (Lipinski definition) is 4. The minimum absolute atomic E-state index is 0.262. The van der Waals surface area contributed by atoms with Gasteiger partial charge in [-0.15, -0.1) is 11.3 Å². The fourth-order valence-corrected chi connectivity index (χ4v) is 2.55. The summed E-state index contributed by atoms with van der Waals surface area (Å²) < 4.78 is 0.999. The molecule has 92 valence electrons. The van der Waals surface area contributed by atoms with Crippen molar-refractivity contribution in [1.29, 1.82) is 0 Å². The summed E-state index contributed by atoms with van der Waals surface area (Å²) in [6.07, 6.45) is 1.60. The van der Waals surface area contributed by atoms with Crippen LogP contribution in [0.2, 0.25) is 0 Å². The van der Waals surface area contributed by atoms with Gasteiger partial charge in [0.2, 0.25) is 0 Å². The van der Waals surface area contributed by atoms with Crippen molar-refractivity contribution in [2.75, 3.05) is 5.73 Å². The van der Waals surface area contributed by atoms with Crippen molar-refractivity contribution in [1.82, 2.24) is 5.43 Å². The molecule has 2 aromatic rings. The largest absolute Gasteiger partial charge is 0.399 e. The van der Waals surface area contributed by atoms with E-state index in [1.54, 1.807) is 30.5 Å². The van der Waals surface area contributed by atoms with Crippen molar-refractivity contribution < 1.29 is 4.79 Å². The van der Waals surface area contributed by atoms with E-state index >= 15 is 0 Å². The Kier molecular flexibility index (Phi) is 4.11. The fourth-order valence-electron chi connectivity index (χ4n) is 1.25. The number of hydrazone groups is 1. The number of nitrogens with two attached hydrogens (primary N) is 1. The maximum Gasteiger partial charge on any atom is 0.271 e. The lowest BCUT2D eigenvalue weighted by Gasteiger charge is -1.99. The zero-order chi connectivity index (χ0) is 13.0. The summed E-state index contributed by atoms with van der Waals surface area (Å²) in [5, 5.41) is 5.84. The Labute approximate surface area is 117 Å². The maximum atomic E-state index is 11.7. The molecule has 0 unspecified atom stereocenters. The topological polar surface area (TPSA) is 67.5 Å². The number of nitrogens with one attached hydrogen (secondary N) is 1. The van der Waals surface area contributed by atoms with Gasteiger partial charge in [-0.2, -0.15) is 5.10 Å². The molecule has 0 aliphatic carbocycles. The molecule has 0 bridgehead atoms. The number of anilines is 1. The van der Waals surface area contributed by atoms with Crippen LogP contribution >= 0.6 is 27.3 Å². The predicted molar refractivity (Wildman–Crippen MR) is 77.9 cm³/mol. The van der Waals surface area contributed by atoms with Gasteiger partial charge in [-0.3, -0.25) is 4.79 Å². The van der Waals surface area contributed by atoms with Gasteiger partial charge in [-0.05, 0) is 46.3 Å². The van der Waals surface area contributed by atoms with Crippen molar-refractivity contribution in [2.24, 2.45) is 5.10 Å². The van der Waals surface area contributed by atoms with E-state index in [0.29, 0.717) is 11.3 Å². The van der Waals surface area contributed by atoms with Crippen LogP contribution in [0.1, 0.15) is 15.2 Å². The molecule has 6 heteroatoms. The molecule has 4 nitrogen and oxygen atoms in total. The molecule has 1 amide bonds. The van der Waals surface area contributed by atoms with Crippen LogP contribution in [-0.2, 0) is 0 Å². The van der Waals surface area contributed by atoms with Crippen LogP contribution in [0.25, 0.3) is 0 Å². The first-order valence-corrected chi connectivity index (χ1v) is 6.75. The summed E-state index contributed by atoms with van der Waals surface area (Å²) >= 11 is 4.88. The van der Waals surface area contributed by atoms with E-state index in [1.807, 2.05) is 11.4 Å². The molecule has 0 aliphatic rings. The van der Waals surface area contributed by atoms with Gasteiger partial charge >= 0.3 is 0 Å². The number of carbonyl (C=O) groups excluding carboxylic acids is 1. The first-order chi connectivity index (χ1) is 8.65. The molecule has 3 N–H and O–H groups in total. The van der Waals surface area contributed by atoms with E-state index in [4.69, 9.17) is 5.73 Å². The lowest BCUT2D eigenvalue weighted by molar-refractivity contribution is 0.0955. The molecule has 1 aromatic carbocycles. The standard InChI is InChI=1S/C12H10BrN3OS/c13-9-5-11(18-7-9)6-15-16-12(17)8-1-3-10(14)4-2-8/h1-7H,14H2,(H,16,17)/b15-6-. The highest BCUT2D eigenvalue weighted by Gasteiger charge is 2.02. The first kappa shape index (κ1) is 12.8. The highest BCUT2D eigenvalue weighted by molar-refractivity contribution is 9.10. The van der Waals surface area contributed by atoms with Gasteiger partial charge in [0.05, 0.1) is 6.21 Å². The number of benzene rings is 1. The second-order valence-electron chi connectivity index (χ2n) is 3.49. The van der Waals surface area contributed by atoms with Gasteiger partial charge < -0.3 is 5.73 Å². The zero-order valence-electron chi connectivity index (χ0n) is 9.26. The third-order valence-corrected chi connectivity index (χ3v) is 3.75. The summed E-state index contributed by atoms with van der Waals surface area (Å²) in [5.74, 6) is -0.262. The Morgan fingerprint density at radius 3 is 2.72 bits per heavy atom. The third-order valence-electron chi connectivity index (χ3n) is 2.12. The molecule has 0 aliphatic heterocycles. The van der Waals surface area contributed by atoms with Crippen LogP contribution in [-0.4, -0.2) is 12.1 Å². The summed E-state index contributed by atoms with van der Waals surface area (Å²) in [6.45, 7) is 0. The van der Waals surface area contributed by atoms with E-state index in [0.717, 1.165) is 9.35 Å². The molecular formula is C12H10BrN3OS. The van der Waals surface area contributed by atoms with Gasteiger partial charge in [-0.1, -0.05) is 0 Å². The minimum Gasteiger partial charge on any atom is -0.399 e. The molecule has 0 fully saturated rings. The number of halogens is 1. The normalized spacial score (nSPS) is 10.7. The van der Waals surface area contributed by atoms with E-state index in [2.05, 4.69) is 26.5 Å². The molecule has 0 radical (unpaired) electrons. The van der Waals surface area contributed by atoms with Crippen LogP contribution in [0.5, 0.6) is 0 Å². The molecule has 1 aromatic heterocycles. The average Bonchev–Trinajstić information content (AvgIpc) is 2.76. The molecule has 18 heavy (non-hydrogen) atoms. The SMILES string of the molecule is Nc1ccc(C(=O)N/N=C\c2cc(Br)cs2)cc1. The van der Waals surface area contributed by atoms with Crippen molar-refractivity contribution in [3.05, 3.63) is 50.6 Å². The molecule has 2 rings (SSSR count). The fraction of sp³-hybridized carbons (Fsp3) is 0. The van der Waals surface area contributed by atoms with Gasteiger partial charge in [0.1, 0.15) is 0 Å².